The molecule has 3 N–H and O–H groups in total. The fourth-order valence-electron chi connectivity index (χ4n) is 4.04. The predicted octanol–water partition coefficient (Wildman–Crippen LogP) is 1.73. The maximum atomic E-state index is 4.11. The third kappa shape index (κ3) is 6.53. The first-order valence-corrected chi connectivity index (χ1v) is 9.71. The molecule has 1 nitrogen and oxygen atoms in total. The van der Waals surface area contributed by atoms with Gasteiger partial charge >= 0.3 is 0 Å². The Balaban J connectivity index is 0.00000261. The van der Waals surface area contributed by atoms with Gasteiger partial charge in [-0.15, -0.1) is 0 Å². The lowest BCUT2D eigenvalue weighted by molar-refractivity contribution is -0.369. The molecule has 0 fully saturated rings. The molecule has 0 aliphatic heterocycles. The molecule has 3 rings (SSSR count). The van der Waals surface area contributed by atoms with Gasteiger partial charge in [-0.05, 0) is 54.2 Å². The van der Waals surface area contributed by atoms with E-state index < -0.39 is 0 Å². The molecule has 0 unspecified atom stereocenters. The zero-order valence-electron chi connectivity index (χ0n) is 16.0. The summed E-state index contributed by atoms with van der Waals surface area (Å²) in [5.74, 6) is 0. The zero-order chi connectivity index (χ0) is 18.1. The Bertz CT molecular complexity index is 655. The molecule has 3 aromatic rings. The van der Waals surface area contributed by atoms with Crippen molar-refractivity contribution < 1.29 is 18.1 Å². The monoisotopic (exact) mass is 379 g/mol. The minimum Gasteiger partial charge on any atom is -1.00 e. The van der Waals surface area contributed by atoms with Gasteiger partial charge in [0.25, 0.3) is 0 Å². The minimum absolute atomic E-state index is 0. The van der Waals surface area contributed by atoms with Crippen molar-refractivity contribution in [2.45, 2.75) is 32.1 Å². The van der Waals surface area contributed by atoms with Crippen LogP contribution in [-0.2, 0) is 19.3 Å². The van der Waals surface area contributed by atoms with Crippen LogP contribution in [0.3, 0.4) is 0 Å². The lowest BCUT2D eigenvalue weighted by Crippen LogP contribution is -3.00. The van der Waals surface area contributed by atoms with E-state index in [0.717, 1.165) is 25.8 Å². The molecule has 0 bridgehead atoms. The average molecular weight is 380 g/mol. The molecular weight excluding hydrogens is 350 g/mol. The van der Waals surface area contributed by atoms with Crippen molar-refractivity contribution in [2.75, 3.05) is 6.54 Å². The van der Waals surface area contributed by atoms with Crippen LogP contribution >= 0.6 is 0 Å². The van der Waals surface area contributed by atoms with Gasteiger partial charge in [0.15, 0.2) is 0 Å². The van der Waals surface area contributed by atoms with Crippen molar-refractivity contribution in [3.8, 4) is 0 Å². The molecule has 0 heterocycles. The molecule has 0 aliphatic rings. The first-order valence-electron chi connectivity index (χ1n) is 9.71. The van der Waals surface area contributed by atoms with E-state index in [1.807, 2.05) is 0 Å². The van der Waals surface area contributed by atoms with E-state index in [1.165, 1.54) is 29.5 Å². The molecule has 0 amide bonds. The predicted molar refractivity (Wildman–Crippen MR) is 110 cm³/mol. The number of quaternary nitrogens is 1. The Morgan fingerprint density at radius 3 is 1.19 bits per heavy atom. The van der Waals surface area contributed by atoms with Crippen molar-refractivity contribution >= 4 is 0 Å². The largest absolute Gasteiger partial charge is 1.00 e. The first kappa shape index (κ1) is 21.2. The lowest BCUT2D eigenvalue weighted by Gasteiger charge is -2.35. The Morgan fingerprint density at radius 1 is 0.556 bits per heavy atom. The van der Waals surface area contributed by atoms with E-state index in [4.69, 9.17) is 0 Å². The van der Waals surface area contributed by atoms with Crippen molar-refractivity contribution in [3.63, 3.8) is 0 Å². The second kappa shape index (κ2) is 10.9. The Kier molecular flexibility index (Phi) is 8.57. The third-order valence-electron chi connectivity index (χ3n) is 5.22. The van der Waals surface area contributed by atoms with Crippen LogP contribution in [-0.4, -0.2) is 6.54 Å². The quantitative estimate of drug-likeness (QED) is 0.586. The van der Waals surface area contributed by atoms with Gasteiger partial charge in [0.1, 0.15) is 0 Å². The zero-order valence-corrected chi connectivity index (χ0v) is 16.7. The van der Waals surface area contributed by atoms with Crippen LogP contribution < -0.4 is 18.1 Å². The van der Waals surface area contributed by atoms with Gasteiger partial charge in [-0.1, -0.05) is 91.0 Å². The van der Waals surface area contributed by atoms with E-state index in [9.17, 15) is 0 Å². The second-order valence-electron chi connectivity index (χ2n) is 7.44. The molecule has 0 radical (unpaired) electrons. The summed E-state index contributed by atoms with van der Waals surface area (Å²) < 4.78 is 0. The van der Waals surface area contributed by atoms with E-state index in [-0.39, 0.29) is 17.8 Å². The maximum absolute atomic E-state index is 4.11. The van der Waals surface area contributed by atoms with Gasteiger partial charge in [-0.2, -0.15) is 0 Å². The minimum atomic E-state index is 0. The maximum Gasteiger partial charge on any atom is 0.0740 e. The number of halogens is 1. The number of benzene rings is 3. The average Bonchev–Trinajstić information content (AvgIpc) is 2.69. The van der Waals surface area contributed by atoms with E-state index >= 15 is 0 Å². The number of hydrogen-bond acceptors (Lipinski definition) is 0. The summed E-state index contributed by atoms with van der Waals surface area (Å²) in [6, 6.07) is 32.9. The molecule has 3 aromatic carbocycles. The van der Waals surface area contributed by atoms with Crippen molar-refractivity contribution in [3.05, 3.63) is 108 Å². The second-order valence-corrected chi connectivity index (χ2v) is 7.44. The van der Waals surface area contributed by atoms with Crippen LogP contribution in [0.1, 0.15) is 29.5 Å². The SMILES string of the molecule is [Cl-].[NH3+]CCCC(Cc1ccccc1)(Cc1ccccc1)Cc1ccccc1. The van der Waals surface area contributed by atoms with Gasteiger partial charge in [0.05, 0.1) is 6.54 Å². The van der Waals surface area contributed by atoms with Crippen LogP contribution in [0.5, 0.6) is 0 Å². The van der Waals surface area contributed by atoms with Crippen molar-refractivity contribution in [1.29, 1.82) is 0 Å². The van der Waals surface area contributed by atoms with Crippen LogP contribution in [0.15, 0.2) is 91.0 Å². The molecule has 0 aliphatic carbocycles. The molecule has 2 heteroatoms. The fourth-order valence-corrected chi connectivity index (χ4v) is 4.04. The van der Waals surface area contributed by atoms with Gasteiger partial charge in [0, 0.05) is 0 Å². The molecule has 0 saturated carbocycles. The van der Waals surface area contributed by atoms with Gasteiger partial charge < -0.3 is 18.1 Å². The van der Waals surface area contributed by atoms with Crippen LogP contribution in [0.4, 0.5) is 0 Å². The van der Waals surface area contributed by atoms with Gasteiger partial charge in [0.2, 0.25) is 0 Å². The molecule has 0 atom stereocenters. The fraction of sp³-hybridized carbons (Fsp3) is 0.280. The molecule has 142 valence electrons. The van der Waals surface area contributed by atoms with E-state index in [1.54, 1.807) is 0 Å². The summed E-state index contributed by atoms with van der Waals surface area (Å²) in [5, 5.41) is 0. The molecule has 0 saturated heterocycles. The summed E-state index contributed by atoms with van der Waals surface area (Å²) in [7, 11) is 0. The van der Waals surface area contributed by atoms with Crippen LogP contribution in [0.2, 0.25) is 0 Å². The third-order valence-corrected chi connectivity index (χ3v) is 5.22. The standard InChI is InChI=1S/C25H29N.ClH/c26-18-10-17-25(19-22-11-4-1-5-12-22,20-23-13-6-2-7-14-23)21-24-15-8-3-9-16-24;/h1-9,11-16H,10,17-21,26H2;1H. The first-order chi connectivity index (χ1) is 12.8. The summed E-state index contributed by atoms with van der Waals surface area (Å²) in [5.41, 5.74) is 8.64. The van der Waals surface area contributed by atoms with Crippen LogP contribution in [0, 0.1) is 5.41 Å². The van der Waals surface area contributed by atoms with Crippen LogP contribution in [0.25, 0.3) is 0 Å². The Morgan fingerprint density at radius 2 is 0.889 bits per heavy atom. The normalized spacial score (nSPS) is 11.0. The highest BCUT2D eigenvalue weighted by Crippen LogP contribution is 2.36. The molecule has 0 aromatic heterocycles. The van der Waals surface area contributed by atoms with E-state index in [2.05, 4.69) is 96.7 Å². The van der Waals surface area contributed by atoms with E-state index in [0.29, 0.717) is 0 Å². The Hall–Kier alpha value is -2.09. The molecule has 27 heavy (non-hydrogen) atoms. The lowest BCUT2D eigenvalue weighted by atomic mass is 9.69. The molecule has 0 spiro atoms. The molecular formula is C25H30ClN. The smallest absolute Gasteiger partial charge is 0.0740 e. The highest BCUT2D eigenvalue weighted by atomic mass is 35.5. The summed E-state index contributed by atoms with van der Waals surface area (Å²) in [4.78, 5) is 0. The summed E-state index contributed by atoms with van der Waals surface area (Å²) in [6.07, 6.45) is 5.70. The van der Waals surface area contributed by atoms with Gasteiger partial charge in [-0.3, -0.25) is 0 Å². The topological polar surface area (TPSA) is 27.6 Å². The number of hydrogen-bond donors (Lipinski definition) is 1. The highest BCUT2D eigenvalue weighted by molar-refractivity contribution is 5.24. The van der Waals surface area contributed by atoms with Crippen molar-refractivity contribution in [2.24, 2.45) is 5.41 Å². The van der Waals surface area contributed by atoms with Crippen molar-refractivity contribution in [1.82, 2.24) is 0 Å². The Labute approximate surface area is 170 Å². The summed E-state index contributed by atoms with van der Waals surface area (Å²) >= 11 is 0. The number of rotatable bonds is 9. The highest BCUT2D eigenvalue weighted by Gasteiger charge is 2.31. The summed E-state index contributed by atoms with van der Waals surface area (Å²) in [6.45, 7) is 1.00. The van der Waals surface area contributed by atoms with Gasteiger partial charge in [-0.25, -0.2) is 0 Å².